The highest BCUT2D eigenvalue weighted by Crippen LogP contribution is 2.28. The molecule has 24 heavy (non-hydrogen) atoms. The molecule has 0 atom stereocenters. The van der Waals surface area contributed by atoms with Gasteiger partial charge >= 0.3 is 5.97 Å². The summed E-state index contributed by atoms with van der Waals surface area (Å²) in [4.78, 5) is 11.8. The Morgan fingerprint density at radius 2 is 2.00 bits per heavy atom. The van der Waals surface area contributed by atoms with E-state index in [1.807, 2.05) is 36.6 Å². The lowest BCUT2D eigenvalue weighted by Crippen LogP contribution is -2.06. The summed E-state index contributed by atoms with van der Waals surface area (Å²) >= 11 is 12.1. The van der Waals surface area contributed by atoms with Crippen LogP contribution in [0.2, 0.25) is 10.0 Å². The summed E-state index contributed by atoms with van der Waals surface area (Å²) in [6, 6.07) is 9.14. The van der Waals surface area contributed by atoms with E-state index in [1.165, 1.54) is 6.08 Å². The molecule has 0 fully saturated rings. The number of halogens is 2. The minimum Gasteiger partial charge on any atom is -0.462 e. The van der Waals surface area contributed by atoms with Crippen LogP contribution in [-0.4, -0.2) is 17.1 Å². The largest absolute Gasteiger partial charge is 0.462 e. The zero-order valence-electron chi connectivity index (χ0n) is 13.6. The zero-order chi connectivity index (χ0) is 17.9. The molecule has 0 bridgehead atoms. The van der Waals surface area contributed by atoms with Crippen LogP contribution in [0.1, 0.15) is 23.9 Å². The second-order valence-electron chi connectivity index (χ2n) is 5.15. The van der Waals surface area contributed by atoms with Crippen LogP contribution in [0.25, 0.3) is 11.8 Å². The van der Waals surface area contributed by atoms with Gasteiger partial charge in [-0.2, -0.15) is 5.26 Å². The topological polar surface area (TPSA) is 55.0 Å². The summed E-state index contributed by atoms with van der Waals surface area (Å²) < 4.78 is 6.87. The van der Waals surface area contributed by atoms with E-state index in [-0.39, 0.29) is 12.2 Å². The Bertz CT molecular complexity index is 861. The zero-order valence-corrected chi connectivity index (χ0v) is 15.1. The maximum absolute atomic E-state index is 11.8. The van der Waals surface area contributed by atoms with Crippen LogP contribution in [0.15, 0.2) is 29.8 Å². The van der Waals surface area contributed by atoms with E-state index in [0.29, 0.717) is 10.0 Å². The Balaban J connectivity index is 2.51. The third-order valence-electron chi connectivity index (χ3n) is 3.55. The average Bonchev–Trinajstić information content (AvgIpc) is 2.82. The van der Waals surface area contributed by atoms with Crippen molar-refractivity contribution in [2.24, 2.45) is 0 Å². The number of carbonyl (C=O) groups is 1. The Morgan fingerprint density at radius 1 is 1.29 bits per heavy atom. The fourth-order valence-corrected chi connectivity index (χ4v) is 2.75. The number of benzene rings is 1. The van der Waals surface area contributed by atoms with Crippen LogP contribution in [0.4, 0.5) is 0 Å². The second-order valence-corrected chi connectivity index (χ2v) is 5.96. The number of aromatic nitrogens is 1. The van der Waals surface area contributed by atoms with E-state index in [0.717, 1.165) is 22.6 Å². The van der Waals surface area contributed by atoms with Crippen molar-refractivity contribution in [1.29, 1.82) is 5.26 Å². The third-order valence-corrected chi connectivity index (χ3v) is 4.29. The highest BCUT2D eigenvalue weighted by atomic mass is 35.5. The van der Waals surface area contributed by atoms with Gasteiger partial charge in [-0.1, -0.05) is 23.2 Å². The standard InChI is InChI=1S/C18H16Cl2N2O2/c1-4-24-18(23)14(10-21)8-13-7-11(2)22(12(13)3)15-5-6-16(19)17(20)9-15/h5-9H,4H2,1-3H3/b14-8-. The fourth-order valence-electron chi connectivity index (χ4n) is 2.46. The molecule has 1 aromatic heterocycles. The smallest absolute Gasteiger partial charge is 0.348 e. The Morgan fingerprint density at radius 3 is 2.58 bits per heavy atom. The highest BCUT2D eigenvalue weighted by Gasteiger charge is 2.14. The molecule has 0 amide bonds. The first kappa shape index (κ1) is 18.1. The monoisotopic (exact) mass is 362 g/mol. The van der Waals surface area contributed by atoms with E-state index in [2.05, 4.69) is 0 Å². The van der Waals surface area contributed by atoms with Gasteiger partial charge in [-0.3, -0.25) is 0 Å². The lowest BCUT2D eigenvalue weighted by molar-refractivity contribution is -0.137. The van der Waals surface area contributed by atoms with Crippen molar-refractivity contribution in [3.63, 3.8) is 0 Å². The number of ether oxygens (including phenoxy) is 1. The maximum atomic E-state index is 11.8. The molecule has 0 aliphatic rings. The number of nitrogens with zero attached hydrogens (tertiary/aromatic N) is 2. The molecular formula is C18H16Cl2N2O2. The summed E-state index contributed by atoms with van der Waals surface area (Å²) in [5, 5.41) is 10.1. The molecule has 2 rings (SSSR count). The molecule has 4 nitrogen and oxygen atoms in total. The van der Waals surface area contributed by atoms with Gasteiger partial charge in [-0.25, -0.2) is 4.79 Å². The molecule has 1 aromatic carbocycles. The van der Waals surface area contributed by atoms with Crippen molar-refractivity contribution in [2.45, 2.75) is 20.8 Å². The van der Waals surface area contributed by atoms with Gasteiger partial charge in [-0.05, 0) is 56.7 Å². The van der Waals surface area contributed by atoms with Crippen molar-refractivity contribution >= 4 is 35.2 Å². The van der Waals surface area contributed by atoms with Gasteiger partial charge in [0.1, 0.15) is 11.6 Å². The molecule has 0 spiro atoms. The van der Waals surface area contributed by atoms with Gasteiger partial charge in [0.25, 0.3) is 0 Å². The normalized spacial score (nSPS) is 11.2. The van der Waals surface area contributed by atoms with Gasteiger partial charge in [-0.15, -0.1) is 0 Å². The number of esters is 1. The molecule has 0 aliphatic heterocycles. The van der Waals surface area contributed by atoms with Crippen LogP contribution in [0.5, 0.6) is 0 Å². The highest BCUT2D eigenvalue weighted by molar-refractivity contribution is 6.42. The van der Waals surface area contributed by atoms with Crippen molar-refractivity contribution < 1.29 is 9.53 Å². The quantitative estimate of drug-likeness (QED) is 0.442. The third kappa shape index (κ3) is 3.64. The Labute approximate surface area is 150 Å². The van der Waals surface area contributed by atoms with Gasteiger partial charge in [0.2, 0.25) is 0 Å². The number of carbonyl (C=O) groups excluding carboxylic acids is 1. The first-order valence-electron chi connectivity index (χ1n) is 7.32. The number of hydrogen-bond donors (Lipinski definition) is 0. The summed E-state index contributed by atoms with van der Waals surface area (Å²) in [5.41, 5.74) is 3.41. The molecule has 124 valence electrons. The Kier molecular flexibility index (Phi) is 5.71. The number of rotatable bonds is 4. The van der Waals surface area contributed by atoms with Gasteiger partial charge in [0.15, 0.2) is 0 Å². The molecule has 1 heterocycles. The average molecular weight is 363 g/mol. The number of hydrogen-bond acceptors (Lipinski definition) is 3. The SMILES string of the molecule is CCOC(=O)/C(C#N)=C\c1cc(C)n(-c2ccc(Cl)c(Cl)c2)c1C. The van der Waals surface area contributed by atoms with Crippen LogP contribution < -0.4 is 0 Å². The fraction of sp³-hybridized carbons (Fsp3) is 0.222. The summed E-state index contributed by atoms with van der Waals surface area (Å²) in [7, 11) is 0. The minimum atomic E-state index is -0.626. The van der Waals surface area contributed by atoms with Crippen molar-refractivity contribution in [2.75, 3.05) is 6.61 Å². The predicted molar refractivity (Wildman–Crippen MR) is 95.5 cm³/mol. The number of nitriles is 1. The molecule has 0 saturated heterocycles. The predicted octanol–water partition coefficient (Wildman–Crippen LogP) is 4.87. The van der Waals surface area contributed by atoms with Crippen molar-refractivity contribution in [3.05, 3.63) is 56.8 Å². The summed E-state index contributed by atoms with van der Waals surface area (Å²) in [6.07, 6.45) is 1.54. The van der Waals surface area contributed by atoms with Crippen molar-refractivity contribution in [3.8, 4) is 11.8 Å². The van der Waals surface area contributed by atoms with E-state index in [1.54, 1.807) is 19.1 Å². The molecule has 0 N–H and O–H groups in total. The van der Waals surface area contributed by atoms with Gasteiger partial charge < -0.3 is 9.30 Å². The molecule has 6 heteroatoms. The van der Waals surface area contributed by atoms with E-state index in [9.17, 15) is 10.1 Å². The molecule has 2 aromatic rings. The van der Waals surface area contributed by atoms with Crippen molar-refractivity contribution in [1.82, 2.24) is 4.57 Å². The molecule has 0 radical (unpaired) electrons. The number of aryl methyl sites for hydroxylation is 1. The molecule has 0 unspecified atom stereocenters. The van der Waals surface area contributed by atoms with Crippen LogP contribution >= 0.6 is 23.2 Å². The first-order valence-corrected chi connectivity index (χ1v) is 8.08. The molecule has 0 saturated carbocycles. The van der Waals surface area contributed by atoms with Gasteiger partial charge in [0, 0.05) is 17.1 Å². The minimum absolute atomic E-state index is 0.0359. The summed E-state index contributed by atoms with van der Waals surface area (Å²) in [5.74, 6) is -0.626. The van der Waals surface area contributed by atoms with Crippen LogP contribution in [0.3, 0.4) is 0 Å². The first-order chi connectivity index (χ1) is 11.4. The summed E-state index contributed by atoms with van der Waals surface area (Å²) in [6.45, 7) is 5.76. The Hall–Kier alpha value is -2.22. The van der Waals surface area contributed by atoms with Crippen LogP contribution in [0, 0.1) is 25.2 Å². The van der Waals surface area contributed by atoms with Crippen LogP contribution in [-0.2, 0) is 9.53 Å². The van der Waals surface area contributed by atoms with E-state index < -0.39 is 5.97 Å². The lowest BCUT2D eigenvalue weighted by Gasteiger charge is -2.10. The van der Waals surface area contributed by atoms with Gasteiger partial charge in [0.05, 0.1) is 16.7 Å². The van der Waals surface area contributed by atoms with E-state index >= 15 is 0 Å². The van der Waals surface area contributed by atoms with E-state index in [4.69, 9.17) is 27.9 Å². The lowest BCUT2D eigenvalue weighted by atomic mass is 10.1. The molecular weight excluding hydrogens is 347 g/mol. The second kappa shape index (κ2) is 7.57. The maximum Gasteiger partial charge on any atom is 0.348 e. The molecule has 0 aliphatic carbocycles.